The van der Waals surface area contributed by atoms with Gasteiger partial charge in [-0.3, -0.25) is 0 Å². The van der Waals surface area contributed by atoms with Crippen LogP contribution >= 0.6 is 22.9 Å². The number of thiophene rings is 1. The van der Waals surface area contributed by atoms with Gasteiger partial charge in [-0.25, -0.2) is 0 Å². The Kier molecular flexibility index (Phi) is 4.37. The van der Waals surface area contributed by atoms with Gasteiger partial charge in [-0.1, -0.05) is 23.7 Å². The zero-order chi connectivity index (χ0) is 14.8. The smallest absolute Gasteiger partial charge is 0.0932 e. The molecule has 1 atom stereocenters. The summed E-state index contributed by atoms with van der Waals surface area (Å²) in [4.78, 5) is 1.21. The molecule has 0 saturated carbocycles. The number of anilines is 1. The molecule has 0 aliphatic heterocycles. The van der Waals surface area contributed by atoms with E-state index in [9.17, 15) is 0 Å². The minimum atomic E-state index is -0.453. The first kappa shape index (κ1) is 14.9. The maximum absolute atomic E-state index is 9.14. The van der Waals surface area contributed by atoms with Crippen LogP contribution in [-0.4, -0.2) is 0 Å². The number of hydrogen-bond donors (Lipinski definition) is 1. The summed E-state index contributed by atoms with van der Waals surface area (Å²) in [5.74, 6) is 0. The van der Waals surface area contributed by atoms with Gasteiger partial charge in [0.05, 0.1) is 21.9 Å². The molecular formula is C16H17ClN2S. The fourth-order valence-electron chi connectivity index (χ4n) is 1.93. The fraction of sp³-hybridized carbons (Fsp3) is 0.312. The lowest BCUT2D eigenvalue weighted by Gasteiger charge is -2.18. The Labute approximate surface area is 129 Å². The normalized spacial score (nSPS) is 12.8. The number of nitrogens with one attached hydrogen (secondary N) is 1. The Bertz CT molecular complexity index is 623. The van der Waals surface area contributed by atoms with Crippen LogP contribution in [0, 0.1) is 11.3 Å². The molecule has 0 spiro atoms. The van der Waals surface area contributed by atoms with E-state index in [1.54, 1.807) is 11.3 Å². The van der Waals surface area contributed by atoms with Crippen LogP contribution in [0.2, 0.25) is 4.34 Å². The Morgan fingerprint density at radius 2 is 1.85 bits per heavy atom. The predicted molar refractivity (Wildman–Crippen MR) is 86.4 cm³/mol. The Balaban J connectivity index is 2.10. The number of nitrogens with zero attached hydrogens (tertiary/aromatic N) is 1. The van der Waals surface area contributed by atoms with Gasteiger partial charge in [-0.2, -0.15) is 5.26 Å². The lowest BCUT2D eigenvalue weighted by atomic mass is 9.86. The second-order valence-electron chi connectivity index (χ2n) is 5.32. The largest absolute Gasteiger partial charge is 0.378 e. The minimum absolute atomic E-state index is 0.210. The average Bonchev–Trinajstić information content (AvgIpc) is 2.86. The van der Waals surface area contributed by atoms with Crippen molar-refractivity contribution in [2.75, 3.05) is 5.32 Å². The third kappa shape index (κ3) is 3.33. The summed E-state index contributed by atoms with van der Waals surface area (Å²) in [6.45, 7) is 5.95. The Morgan fingerprint density at radius 3 is 2.35 bits per heavy atom. The molecule has 1 heterocycles. The van der Waals surface area contributed by atoms with Gasteiger partial charge in [0, 0.05) is 10.6 Å². The molecule has 1 unspecified atom stereocenters. The molecule has 104 valence electrons. The third-order valence-corrected chi connectivity index (χ3v) is 4.70. The first-order chi connectivity index (χ1) is 9.42. The van der Waals surface area contributed by atoms with Crippen molar-refractivity contribution in [3.05, 3.63) is 51.2 Å². The van der Waals surface area contributed by atoms with Crippen molar-refractivity contribution >= 4 is 28.6 Å². The summed E-state index contributed by atoms with van der Waals surface area (Å²) in [5, 5.41) is 12.6. The Morgan fingerprint density at radius 1 is 1.20 bits per heavy atom. The highest BCUT2D eigenvalue weighted by atomic mass is 35.5. The third-order valence-electron chi connectivity index (χ3n) is 3.29. The van der Waals surface area contributed by atoms with Crippen LogP contribution in [0.4, 0.5) is 5.69 Å². The van der Waals surface area contributed by atoms with E-state index >= 15 is 0 Å². The highest BCUT2D eigenvalue weighted by Gasteiger charge is 2.19. The molecule has 2 nitrogen and oxygen atoms in total. The summed E-state index contributed by atoms with van der Waals surface area (Å²) >= 11 is 7.54. The van der Waals surface area contributed by atoms with Crippen molar-refractivity contribution in [1.82, 2.24) is 0 Å². The van der Waals surface area contributed by atoms with Gasteiger partial charge in [0.15, 0.2) is 0 Å². The van der Waals surface area contributed by atoms with E-state index < -0.39 is 5.41 Å². The number of halogens is 1. The number of benzene rings is 1. The van der Waals surface area contributed by atoms with E-state index in [2.05, 4.69) is 18.3 Å². The molecule has 1 aromatic carbocycles. The van der Waals surface area contributed by atoms with Gasteiger partial charge in [-0.05, 0) is 50.6 Å². The van der Waals surface area contributed by atoms with E-state index in [4.69, 9.17) is 16.9 Å². The molecule has 0 radical (unpaired) electrons. The summed E-state index contributed by atoms with van der Waals surface area (Å²) in [5.41, 5.74) is 1.61. The molecule has 0 fully saturated rings. The number of rotatable bonds is 4. The van der Waals surface area contributed by atoms with Crippen LogP contribution in [-0.2, 0) is 5.41 Å². The maximum atomic E-state index is 9.14. The van der Waals surface area contributed by atoms with Gasteiger partial charge >= 0.3 is 0 Å². The van der Waals surface area contributed by atoms with Crippen LogP contribution in [0.15, 0.2) is 36.4 Å². The van der Waals surface area contributed by atoms with Crippen LogP contribution < -0.4 is 5.32 Å². The standard InChI is InChI=1S/C16H17ClN2S/c1-11(14-8-9-15(17)20-14)19-13-6-4-12(5-7-13)16(2,3)10-18/h4-9,11,19H,1-3H3. The molecule has 2 rings (SSSR count). The lowest BCUT2D eigenvalue weighted by molar-refractivity contribution is 0.687. The van der Waals surface area contributed by atoms with Crippen molar-refractivity contribution in [2.45, 2.75) is 32.2 Å². The van der Waals surface area contributed by atoms with E-state index in [1.165, 1.54) is 4.88 Å². The molecule has 20 heavy (non-hydrogen) atoms. The second kappa shape index (κ2) is 5.87. The minimum Gasteiger partial charge on any atom is -0.378 e. The van der Waals surface area contributed by atoms with Crippen LogP contribution in [0.3, 0.4) is 0 Å². The lowest BCUT2D eigenvalue weighted by Crippen LogP contribution is -2.13. The molecule has 0 saturated heterocycles. The van der Waals surface area contributed by atoms with Crippen molar-refractivity contribution in [2.24, 2.45) is 0 Å². The predicted octanol–water partition coefficient (Wildman–Crippen LogP) is 5.38. The van der Waals surface area contributed by atoms with Gasteiger partial charge in [-0.15, -0.1) is 11.3 Å². The molecule has 0 bridgehead atoms. The quantitative estimate of drug-likeness (QED) is 0.823. The SMILES string of the molecule is CC(Nc1ccc(C(C)(C)C#N)cc1)c1ccc(Cl)s1. The van der Waals surface area contributed by atoms with Gasteiger partial charge in [0.1, 0.15) is 0 Å². The number of hydrogen-bond acceptors (Lipinski definition) is 3. The topological polar surface area (TPSA) is 35.8 Å². The zero-order valence-electron chi connectivity index (χ0n) is 11.8. The summed E-state index contributed by atoms with van der Waals surface area (Å²) in [6.07, 6.45) is 0. The highest BCUT2D eigenvalue weighted by molar-refractivity contribution is 7.16. The van der Waals surface area contributed by atoms with Crippen molar-refractivity contribution < 1.29 is 0 Å². The van der Waals surface area contributed by atoms with Crippen LogP contribution in [0.25, 0.3) is 0 Å². The molecule has 1 aromatic heterocycles. The first-order valence-corrected chi connectivity index (χ1v) is 7.65. The van der Waals surface area contributed by atoms with Crippen molar-refractivity contribution in [3.8, 4) is 6.07 Å². The highest BCUT2D eigenvalue weighted by Crippen LogP contribution is 2.30. The summed E-state index contributed by atoms with van der Waals surface area (Å²) in [6, 6.07) is 14.5. The first-order valence-electron chi connectivity index (χ1n) is 6.46. The van der Waals surface area contributed by atoms with Crippen molar-refractivity contribution in [3.63, 3.8) is 0 Å². The molecule has 0 aliphatic rings. The molecular weight excluding hydrogens is 288 g/mol. The molecule has 4 heteroatoms. The average molecular weight is 305 g/mol. The fourth-order valence-corrected chi connectivity index (χ4v) is 2.99. The van der Waals surface area contributed by atoms with Crippen LogP contribution in [0.1, 0.15) is 37.3 Å². The van der Waals surface area contributed by atoms with E-state index in [0.717, 1.165) is 15.6 Å². The van der Waals surface area contributed by atoms with Gasteiger partial charge in [0.25, 0.3) is 0 Å². The maximum Gasteiger partial charge on any atom is 0.0932 e. The molecule has 0 amide bonds. The molecule has 2 aromatic rings. The zero-order valence-corrected chi connectivity index (χ0v) is 13.3. The van der Waals surface area contributed by atoms with Crippen LogP contribution in [0.5, 0.6) is 0 Å². The summed E-state index contributed by atoms with van der Waals surface area (Å²) < 4.78 is 0.805. The van der Waals surface area contributed by atoms with E-state index in [0.29, 0.717) is 0 Å². The molecule has 1 N–H and O–H groups in total. The van der Waals surface area contributed by atoms with E-state index in [1.807, 2.05) is 50.2 Å². The van der Waals surface area contributed by atoms with Gasteiger partial charge in [0.2, 0.25) is 0 Å². The van der Waals surface area contributed by atoms with Gasteiger partial charge < -0.3 is 5.32 Å². The Hall–Kier alpha value is -1.50. The van der Waals surface area contributed by atoms with Crippen molar-refractivity contribution in [1.29, 1.82) is 5.26 Å². The van der Waals surface area contributed by atoms with E-state index in [-0.39, 0.29) is 6.04 Å². The second-order valence-corrected chi connectivity index (χ2v) is 7.07. The number of nitriles is 1. The molecule has 0 aliphatic carbocycles. The monoisotopic (exact) mass is 304 g/mol. The summed E-state index contributed by atoms with van der Waals surface area (Å²) in [7, 11) is 0.